The monoisotopic (exact) mass is 242 g/mol. The molecule has 1 aliphatic rings. The molecule has 1 saturated heterocycles. The van der Waals surface area contributed by atoms with E-state index in [0.29, 0.717) is 12.1 Å². The molecule has 5 heteroatoms. The molecule has 1 amide bonds. The highest BCUT2D eigenvalue weighted by atomic mass is 16.4. The maximum Gasteiger partial charge on any atom is 0.323 e. The zero-order chi connectivity index (χ0) is 13.2. The molecule has 0 aromatic carbocycles. The van der Waals surface area contributed by atoms with Crippen LogP contribution >= 0.6 is 0 Å². The van der Waals surface area contributed by atoms with Crippen LogP contribution in [0.5, 0.6) is 0 Å². The molecule has 3 atom stereocenters. The Morgan fingerprint density at radius 2 is 1.82 bits per heavy atom. The number of likely N-dealkylation sites (tertiary alicyclic amines) is 1. The first-order valence-corrected chi connectivity index (χ1v) is 6.08. The van der Waals surface area contributed by atoms with Gasteiger partial charge < -0.3 is 10.0 Å². The highest BCUT2D eigenvalue weighted by Gasteiger charge is 2.35. The van der Waals surface area contributed by atoms with E-state index in [0.717, 1.165) is 12.8 Å². The second-order valence-corrected chi connectivity index (χ2v) is 4.99. The lowest BCUT2D eigenvalue weighted by molar-refractivity contribution is -0.146. The zero-order valence-electron chi connectivity index (χ0n) is 11.0. The average molecular weight is 242 g/mol. The van der Waals surface area contributed by atoms with Crippen LogP contribution in [-0.4, -0.2) is 58.5 Å². The minimum atomic E-state index is -0.976. The number of likely N-dealkylation sites (N-methyl/N-ethyl adjacent to an activating group) is 1. The van der Waals surface area contributed by atoms with Gasteiger partial charge in [0.15, 0.2) is 0 Å². The Kier molecular flexibility index (Phi) is 4.51. The second kappa shape index (κ2) is 5.49. The first-order valence-electron chi connectivity index (χ1n) is 6.08. The van der Waals surface area contributed by atoms with Crippen LogP contribution in [0.15, 0.2) is 0 Å². The summed E-state index contributed by atoms with van der Waals surface area (Å²) in [5.74, 6) is -1.09. The quantitative estimate of drug-likeness (QED) is 0.792. The zero-order valence-corrected chi connectivity index (χ0v) is 11.0. The molecule has 0 radical (unpaired) electrons. The summed E-state index contributed by atoms with van der Waals surface area (Å²) < 4.78 is 0. The Morgan fingerprint density at radius 1 is 1.35 bits per heavy atom. The van der Waals surface area contributed by atoms with Gasteiger partial charge >= 0.3 is 5.97 Å². The van der Waals surface area contributed by atoms with Crippen LogP contribution in [0.4, 0.5) is 0 Å². The minimum absolute atomic E-state index is 0.118. The van der Waals surface area contributed by atoms with E-state index < -0.39 is 5.97 Å². The SMILES string of the molecule is CC1CCC(C)N1C(C)C(=O)N(C)CC(=O)O. The molecule has 1 heterocycles. The number of amides is 1. The number of carbonyl (C=O) groups excluding carboxylic acids is 1. The third kappa shape index (κ3) is 3.19. The summed E-state index contributed by atoms with van der Waals surface area (Å²) in [6.07, 6.45) is 2.20. The van der Waals surface area contributed by atoms with Crippen molar-refractivity contribution in [3.05, 3.63) is 0 Å². The molecule has 3 unspecified atom stereocenters. The van der Waals surface area contributed by atoms with Gasteiger partial charge in [0.25, 0.3) is 0 Å². The van der Waals surface area contributed by atoms with Gasteiger partial charge in [-0.1, -0.05) is 0 Å². The Hall–Kier alpha value is -1.10. The van der Waals surface area contributed by atoms with Gasteiger partial charge in [-0.05, 0) is 33.6 Å². The molecular weight excluding hydrogens is 220 g/mol. The third-order valence-electron chi connectivity index (χ3n) is 3.57. The standard InChI is InChI=1S/C12H22N2O3/c1-8-5-6-9(2)14(8)10(3)12(17)13(4)7-11(15)16/h8-10H,5-7H2,1-4H3,(H,15,16). The van der Waals surface area contributed by atoms with E-state index in [-0.39, 0.29) is 18.5 Å². The lowest BCUT2D eigenvalue weighted by atomic mass is 10.2. The molecule has 0 bridgehead atoms. The van der Waals surface area contributed by atoms with E-state index in [9.17, 15) is 9.59 Å². The molecular formula is C12H22N2O3. The maximum atomic E-state index is 12.1. The molecule has 0 spiro atoms. The molecule has 0 aliphatic carbocycles. The van der Waals surface area contributed by atoms with Crippen LogP contribution in [0.1, 0.15) is 33.6 Å². The van der Waals surface area contributed by atoms with Crippen molar-refractivity contribution in [3.8, 4) is 0 Å². The minimum Gasteiger partial charge on any atom is -0.480 e. The summed E-state index contributed by atoms with van der Waals surface area (Å²) >= 11 is 0. The molecule has 1 aliphatic heterocycles. The van der Waals surface area contributed by atoms with Crippen LogP contribution in [0.25, 0.3) is 0 Å². The number of aliphatic carboxylic acids is 1. The number of nitrogens with zero attached hydrogens (tertiary/aromatic N) is 2. The lowest BCUT2D eigenvalue weighted by Gasteiger charge is -2.33. The van der Waals surface area contributed by atoms with Crippen molar-refractivity contribution in [2.75, 3.05) is 13.6 Å². The number of carboxylic acid groups (broad SMARTS) is 1. The van der Waals surface area contributed by atoms with Crippen molar-refractivity contribution in [2.45, 2.75) is 51.7 Å². The molecule has 0 aromatic heterocycles. The summed E-state index contributed by atoms with van der Waals surface area (Å²) in [4.78, 5) is 26.1. The molecule has 0 aromatic rings. The molecule has 98 valence electrons. The number of rotatable bonds is 4. The third-order valence-corrected chi connectivity index (χ3v) is 3.57. The van der Waals surface area contributed by atoms with E-state index in [2.05, 4.69) is 18.7 Å². The average Bonchev–Trinajstić information content (AvgIpc) is 2.55. The predicted octanol–water partition coefficient (Wildman–Crippen LogP) is 0.791. The van der Waals surface area contributed by atoms with Gasteiger partial charge in [-0.15, -0.1) is 0 Å². The topological polar surface area (TPSA) is 60.9 Å². The summed E-state index contributed by atoms with van der Waals surface area (Å²) in [5.41, 5.74) is 0. The first-order chi connectivity index (χ1) is 7.84. The molecule has 1 rings (SSSR count). The molecule has 17 heavy (non-hydrogen) atoms. The first kappa shape index (κ1) is 14.0. The van der Waals surface area contributed by atoms with E-state index in [4.69, 9.17) is 5.11 Å². The van der Waals surface area contributed by atoms with E-state index in [1.165, 1.54) is 4.90 Å². The van der Waals surface area contributed by atoms with Crippen molar-refractivity contribution in [1.29, 1.82) is 0 Å². The van der Waals surface area contributed by atoms with Gasteiger partial charge in [-0.3, -0.25) is 14.5 Å². The largest absolute Gasteiger partial charge is 0.480 e. The predicted molar refractivity (Wildman–Crippen MR) is 64.7 cm³/mol. The normalized spacial score (nSPS) is 26.8. The molecule has 1 N–H and O–H groups in total. The smallest absolute Gasteiger partial charge is 0.323 e. The van der Waals surface area contributed by atoms with Crippen LogP contribution in [0, 0.1) is 0 Å². The van der Waals surface area contributed by atoms with E-state index in [1.807, 2.05) is 6.92 Å². The second-order valence-electron chi connectivity index (χ2n) is 4.99. The fraction of sp³-hybridized carbons (Fsp3) is 0.833. The molecule has 5 nitrogen and oxygen atoms in total. The van der Waals surface area contributed by atoms with Crippen molar-refractivity contribution in [2.24, 2.45) is 0 Å². The van der Waals surface area contributed by atoms with Crippen molar-refractivity contribution in [1.82, 2.24) is 9.80 Å². The highest BCUT2D eigenvalue weighted by molar-refractivity contribution is 5.84. The fourth-order valence-electron chi connectivity index (χ4n) is 2.71. The summed E-state index contributed by atoms with van der Waals surface area (Å²) in [7, 11) is 1.54. The summed E-state index contributed by atoms with van der Waals surface area (Å²) in [6.45, 7) is 5.85. The van der Waals surface area contributed by atoms with Gasteiger partial charge in [0.05, 0.1) is 6.04 Å². The van der Waals surface area contributed by atoms with Crippen LogP contribution < -0.4 is 0 Å². The fourth-order valence-corrected chi connectivity index (χ4v) is 2.71. The van der Waals surface area contributed by atoms with E-state index in [1.54, 1.807) is 7.05 Å². The number of hydrogen-bond acceptors (Lipinski definition) is 3. The van der Waals surface area contributed by atoms with Crippen LogP contribution in [0.2, 0.25) is 0 Å². The van der Waals surface area contributed by atoms with Crippen LogP contribution in [-0.2, 0) is 9.59 Å². The van der Waals surface area contributed by atoms with Gasteiger partial charge in [-0.2, -0.15) is 0 Å². The Balaban J connectivity index is 2.65. The van der Waals surface area contributed by atoms with Gasteiger partial charge in [-0.25, -0.2) is 0 Å². The van der Waals surface area contributed by atoms with Gasteiger partial charge in [0.2, 0.25) is 5.91 Å². The number of carboxylic acids is 1. The molecule has 0 saturated carbocycles. The molecule has 1 fully saturated rings. The number of carbonyl (C=O) groups is 2. The lowest BCUT2D eigenvalue weighted by Crippen LogP contribution is -2.50. The van der Waals surface area contributed by atoms with Crippen molar-refractivity contribution in [3.63, 3.8) is 0 Å². The Labute approximate surface area is 102 Å². The van der Waals surface area contributed by atoms with Crippen molar-refractivity contribution >= 4 is 11.9 Å². The maximum absolute atomic E-state index is 12.1. The number of hydrogen-bond donors (Lipinski definition) is 1. The summed E-state index contributed by atoms with van der Waals surface area (Å²) in [5, 5.41) is 8.68. The van der Waals surface area contributed by atoms with E-state index >= 15 is 0 Å². The highest BCUT2D eigenvalue weighted by Crippen LogP contribution is 2.26. The van der Waals surface area contributed by atoms with Gasteiger partial charge in [0.1, 0.15) is 6.54 Å². The summed E-state index contributed by atoms with van der Waals surface area (Å²) in [6, 6.07) is 0.538. The van der Waals surface area contributed by atoms with Crippen molar-refractivity contribution < 1.29 is 14.7 Å². The Morgan fingerprint density at radius 3 is 2.24 bits per heavy atom. The Bertz CT molecular complexity index is 296. The van der Waals surface area contributed by atoms with Gasteiger partial charge in [0, 0.05) is 19.1 Å². The van der Waals surface area contributed by atoms with Crippen LogP contribution in [0.3, 0.4) is 0 Å².